The van der Waals surface area contributed by atoms with Gasteiger partial charge in [-0.3, -0.25) is 4.79 Å². The van der Waals surface area contributed by atoms with Gasteiger partial charge < -0.3 is 15.0 Å². The van der Waals surface area contributed by atoms with Crippen molar-refractivity contribution in [1.82, 2.24) is 10.2 Å². The second kappa shape index (κ2) is 12.8. The van der Waals surface area contributed by atoms with Gasteiger partial charge in [-0.2, -0.15) is 0 Å². The third-order valence-corrected chi connectivity index (χ3v) is 8.85. The van der Waals surface area contributed by atoms with Crippen LogP contribution >= 0.6 is 22.9 Å². The van der Waals surface area contributed by atoms with Crippen molar-refractivity contribution >= 4 is 44.5 Å². The lowest BCUT2D eigenvalue weighted by Crippen LogP contribution is -2.40. The Labute approximate surface area is 237 Å². The summed E-state index contributed by atoms with van der Waals surface area (Å²) in [5.74, 6) is -0.912. The maximum absolute atomic E-state index is 14.6. The van der Waals surface area contributed by atoms with E-state index in [0.717, 1.165) is 78.0 Å². The summed E-state index contributed by atoms with van der Waals surface area (Å²) in [5, 5.41) is 3.05. The molecule has 1 saturated carbocycles. The fourth-order valence-electron chi connectivity index (χ4n) is 5.05. The lowest BCUT2D eigenvalue weighted by molar-refractivity contribution is 0.0618. The lowest BCUT2D eigenvalue weighted by Gasteiger charge is -2.34. The van der Waals surface area contributed by atoms with Gasteiger partial charge in [0.1, 0.15) is 22.3 Å². The molecular formula is C31H33ClF2N2O2S. The number of benzene rings is 2. The average Bonchev–Trinajstić information content (AvgIpc) is 3.31. The van der Waals surface area contributed by atoms with Crippen LogP contribution in [0.1, 0.15) is 59.8 Å². The zero-order chi connectivity index (χ0) is 28.1. The molecule has 0 unspecified atom stereocenters. The van der Waals surface area contributed by atoms with Crippen LogP contribution in [-0.2, 0) is 6.54 Å². The van der Waals surface area contributed by atoms with Crippen molar-refractivity contribution in [2.24, 2.45) is 0 Å². The molecule has 0 saturated heterocycles. The molecule has 8 heteroatoms. The SMILES string of the molecule is C=C/C=C(\C=C(/C)NC)c1ccc(OC)c(CN(C(=O)c2sc3c(F)ccc(F)c3c2Cl)C2CCCCC2)c1. The molecule has 1 aromatic heterocycles. The summed E-state index contributed by atoms with van der Waals surface area (Å²) in [7, 11) is 3.46. The van der Waals surface area contributed by atoms with Crippen LogP contribution in [0.4, 0.5) is 8.78 Å². The van der Waals surface area contributed by atoms with Crippen LogP contribution < -0.4 is 10.1 Å². The third-order valence-electron chi connectivity index (χ3n) is 7.17. The Morgan fingerprint density at radius 1 is 1.21 bits per heavy atom. The number of amides is 1. The van der Waals surface area contributed by atoms with Gasteiger partial charge in [0.05, 0.1) is 22.2 Å². The number of ether oxygens (including phenoxy) is 1. The van der Waals surface area contributed by atoms with E-state index in [4.69, 9.17) is 16.3 Å². The van der Waals surface area contributed by atoms with E-state index in [9.17, 15) is 13.6 Å². The second-order valence-electron chi connectivity index (χ2n) is 9.67. The molecule has 1 N–H and O–H groups in total. The summed E-state index contributed by atoms with van der Waals surface area (Å²) >= 11 is 7.45. The van der Waals surface area contributed by atoms with Gasteiger partial charge in [0.15, 0.2) is 0 Å². The minimum atomic E-state index is -0.642. The van der Waals surface area contributed by atoms with Crippen LogP contribution in [0.5, 0.6) is 5.75 Å². The smallest absolute Gasteiger partial charge is 0.266 e. The molecule has 0 aliphatic heterocycles. The first-order chi connectivity index (χ1) is 18.8. The molecule has 0 bridgehead atoms. The van der Waals surface area contributed by atoms with Gasteiger partial charge in [-0.25, -0.2) is 8.78 Å². The van der Waals surface area contributed by atoms with Gasteiger partial charge in [0.25, 0.3) is 5.91 Å². The van der Waals surface area contributed by atoms with Crippen LogP contribution in [0.15, 0.2) is 60.8 Å². The van der Waals surface area contributed by atoms with E-state index >= 15 is 0 Å². The molecule has 1 amide bonds. The highest BCUT2D eigenvalue weighted by Gasteiger charge is 2.31. The monoisotopic (exact) mass is 570 g/mol. The minimum absolute atomic E-state index is 0.0230. The highest BCUT2D eigenvalue weighted by molar-refractivity contribution is 7.21. The number of thiophene rings is 1. The van der Waals surface area contributed by atoms with Crippen LogP contribution in [0.3, 0.4) is 0 Å². The summed E-state index contributed by atoms with van der Waals surface area (Å²) < 4.78 is 34.9. The number of hydrogen-bond acceptors (Lipinski definition) is 4. The summed E-state index contributed by atoms with van der Waals surface area (Å²) in [6, 6.07) is 7.96. The summed E-state index contributed by atoms with van der Waals surface area (Å²) in [6.45, 7) is 6.10. The Bertz CT molecular complexity index is 1440. The van der Waals surface area contributed by atoms with Gasteiger partial charge >= 0.3 is 0 Å². The molecule has 4 rings (SSSR count). The Morgan fingerprint density at radius 2 is 1.92 bits per heavy atom. The highest BCUT2D eigenvalue weighted by Crippen LogP contribution is 2.40. The maximum Gasteiger partial charge on any atom is 0.266 e. The Kier molecular flexibility index (Phi) is 9.46. The van der Waals surface area contributed by atoms with E-state index in [1.807, 2.05) is 44.3 Å². The van der Waals surface area contributed by atoms with Crippen molar-refractivity contribution < 1.29 is 18.3 Å². The molecule has 4 nitrogen and oxygen atoms in total. The molecular weight excluding hydrogens is 538 g/mol. The van der Waals surface area contributed by atoms with Gasteiger partial charge in [0, 0.05) is 30.9 Å². The number of carbonyl (C=O) groups is 1. The van der Waals surface area contributed by atoms with Crippen molar-refractivity contribution in [3.05, 3.63) is 93.5 Å². The van der Waals surface area contributed by atoms with E-state index in [1.165, 1.54) is 0 Å². The first-order valence-corrected chi connectivity index (χ1v) is 14.2. The third kappa shape index (κ3) is 6.20. The van der Waals surface area contributed by atoms with Crippen molar-refractivity contribution in [3.63, 3.8) is 0 Å². The predicted octanol–water partition coefficient (Wildman–Crippen LogP) is 8.51. The van der Waals surface area contributed by atoms with Gasteiger partial charge in [-0.1, -0.05) is 55.7 Å². The van der Waals surface area contributed by atoms with Gasteiger partial charge in [0.2, 0.25) is 0 Å². The highest BCUT2D eigenvalue weighted by atomic mass is 35.5. The zero-order valence-electron chi connectivity index (χ0n) is 22.5. The summed E-state index contributed by atoms with van der Waals surface area (Å²) in [4.78, 5) is 16.0. The zero-order valence-corrected chi connectivity index (χ0v) is 24.0. The quantitative estimate of drug-likeness (QED) is 0.262. The number of hydrogen-bond donors (Lipinski definition) is 1. The fraction of sp³-hybridized carbons (Fsp3) is 0.323. The number of halogens is 3. The average molecular weight is 571 g/mol. The van der Waals surface area contributed by atoms with Crippen molar-refractivity contribution in [2.45, 2.75) is 51.6 Å². The Hall–Kier alpha value is -3.16. The molecule has 1 aliphatic rings. The van der Waals surface area contributed by atoms with Crippen molar-refractivity contribution in [3.8, 4) is 5.75 Å². The standard InChI is InChI=1S/C31H33ClF2N2O2S/c1-5-9-20(16-19(2)35-3)21-12-15-26(38-4)22(17-21)18-36(23-10-7-6-8-11-23)31(37)30-28(32)27-24(33)13-14-25(34)29(27)39-30/h5,9,12-17,23,35H,1,6-8,10-11,18H2,2-4H3/b19-16+,20-9+. The van der Waals surface area contributed by atoms with E-state index in [2.05, 4.69) is 11.9 Å². The molecule has 2 aromatic carbocycles. The number of methoxy groups -OCH3 is 1. The van der Waals surface area contributed by atoms with E-state index < -0.39 is 11.6 Å². The number of nitrogens with one attached hydrogen (secondary N) is 1. The molecule has 1 aliphatic carbocycles. The van der Waals surface area contributed by atoms with Crippen LogP contribution in [0, 0.1) is 11.6 Å². The number of fused-ring (bicyclic) bond motifs is 1. The number of carbonyl (C=O) groups excluding carboxylic acids is 1. The van der Waals surface area contributed by atoms with Crippen LogP contribution in [0.25, 0.3) is 15.7 Å². The normalized spacial score (nSPS) is 14.9. The topological polar surface area (TPSA) is 41.6 Å². The summed E-state index contributed by atoms with van der Waals surface area (Å²) in [5.41, 5.74) is 3.71. The van der Waals surface area contributed by atoms with E-state index in [-0.39, 0.29) is 38.5 Å². The molecule has 0 atom stereocenters. The second-order valence-corrected chi connectivity index (χ2v) is 11.1. The van der Waals surface area contributed by atoms with Crippen molar-refractivity contribution in [1.29, 1.82) is 0 Å². The van der Waals surface area contributed by atoms with Crippen molar-refractivity contribution in [2.75, 3.05) is 14.2 Å². The number of rotatable bonds is 9. The number of allylic oxidation sites excluding steroid dienone is 5. The van der Waals surface area contributed by atoms with E-state index in [0.29, 0.717) is 5.75 Å². The molecule has 1 fully saturated rings. The number of nitrogens with zero attached hydrogens (tertiary/aromatic N) is 1. The summed E-state index contributed by atoms with van der Waals surface area (Å²) in [6.07, 6.45) is 10.5. The van der Waals surface area contributed by atoms with Crippen LogP contribution in [-0.4, -0.2) is 31.0 Å². The molecule has 39 heavy (non-hydrogen) atoms. The molecule has 1 heterocycles. The Morgan fingerprint density at radius 3 is 2.56 bits per heavy atom. The minimum Gasteiger partial charge on any atom is -0.496 e. The molecule has 0 spiro atoms. The fourth-order valence-corrected chi connectivity index (χ4v) is 6.56. The molecule has 206 valence electrons. The van der Waals surface area contributed by atoms with Gasteiger partial charge in [-0.15, -0.1) is 11.3 Å². The molecule has 3 aromatic rings. The Balaban J connectivity index is 1.79. The first-order valence-electron chi connectivity index (χ1n) is 13.0. The van der Waals surface area contributed by atoms with Gasteiger partial charge in [-0.05, 0) is 61.2 Å². The lowest BCUT2D eigenvalue weighted by atomic mass is 9.93. The largest absolute Gasteiger partial charge is 0.496 e. The first kappa shape index (κ1) is 28.8. The molecule has 0 radical (unpaired) electrons. The van der Waals surface area contributed by atoms with Crippen LogP contribution in [0.2, 0.25) is 5.02 Å². The maximum atomic E-state index is 14.6. The van der Waals surface area contributed by atoms with E-state index in [1.54, 1.807) is 18.1 Å². The predicted molar refractivity (Wildman–Crippen MR) is 157 cm³/mol.